The number of nitrogens with one attached hydrogen (secondary N) is 1. The second kappa shape index (κ2) is 8.78. The molecule has 8 heteroatoms. The molecule has 1 N–H and O–H groups in total. The summed E-state index contributed by atoms with van der Waals surface area (Å²) in [4.78, 5) is 23.3. The smallest absolute Gasteiger partial charge is 0.344 e. The van der Waals surface area contributed by atoms with E-state index in [2.05, 4.69) is 5.32 Å². The van der Waals surface area contributed by atoms with Gasteiger partial charge in [0.25, 0.3) is 5.91 Å². The number of anilines is 1. The van der Waals surface area contributed by atoms with Gasteiger partial charge in [0, 0.05) is 15.7 Å². The molecule has 0 saturated carbocycles. The third kappa shape index (κ3) is 5.92. The molecular formula is C16H12Cl3NO4. The van der Waals surface area contributed by atoms with Gasteiger partial charge in [0.2, 0.25) is 0 Å². The number of carbonyl (C=O) groups is 2. The minimum atomic E-state index is -0.706. The highest BCUT2D eigenvalue weighted by Gasteiger charge is 2.10. The SMILES string of the molecule is O=C(COC(=O)COc1ccc(Cl)cc1Cl)Nc1cccc(Cl)c1. The molecule has 2 rings (SSSR count). The average Bonchev–Trinajstić information content (AvgIpc) is 2.52. The van der Waals surface area contributed by atoms with Crippen molar-refractivity contribution in [3.8, 4) is 5.75 Å². The van der Waals surface area contributed by atoms with Gasteiger partial charge < -0.3 is 14.8 Å². The number of halogens is 3. The normalized spacial score (nSPS) is 10.1. The van der Waals surface area contributed by atoms with Crippen LogP contribution in [0.15, 0.2) is 42.5 Å². The molecule has 126 valence electrons. The van der Waals surface area contributed by atoms with Crippen molar-refractivity contribution in [1.29, 1.82) is 0 Å². The van der Waals surface area contributed by atoms with Crippen molar-refractivity contribution >= 4 is 52.4 Å². The van der Waals surface area contributed by atoms with Gasteiger partial charge in [-0.05, 0) is 36.4 Å². The summed E-state index contributed by atoms with van der Waals surface area (Å²) in [6.45, 7) is -0.825. The van der Waals surface area contributed by atoms with Gasteiger partial charge in [0.1, 0.15) is 5.75 Å². The number of amides is 1. The molecule has 2 aromatic rings. The zero-order chi connectivity index (χ0) is 17.5. The molecule has 24 heavy (non-hydrogen) atoms. The number of carbonyl (C=O) groups excluding carboxylic acids is 2. The molecule has 0 aliphatic carbocycles. The van der Waals surface area contributed by atoms with E-state index >= 15 is 0 Å². The minimum Gasteiger partial charge on any atom is -0.480 e. The Bertz CT molecular complexity index is 752. The fraction of sp³-hybridized carbons (Fsp3) is 0.125. The van der Waals surface area contributed by atoms with Gasteiger partial charge in [-0.1, -0.05) is 40.9 Å². The molecule has 5 nitrogen and oxygen atoms in total. The number of hydrogen-bond acceptors (Lipinski definition) is 4. The van der Waals surface area contributed by atoms with E-state index < -0.39 is 18.5 Å². The van der Waals surface area contributed by atoms with E-state index in [1.807, 2.05) is 0 Å². The Kier molecular flexibility index (Phi) is 6.73. The number of benzene rings is 2. The summed E-state index contributed by atoms with van der Waals surface area (Å²) in [5, 5.41) is 3.76. The summed E-state index contributed by atoms with van der Waals surface area (Å²) in [5.41, 5.74) is 0.507. The lowest BCUT2D eigenvalue weighted by molar-refractivity contribution is -0.149. The first-order valence-electron chi connectivity index (χ1n) is 6.73. The summed E-state index contributed by atoms with van der Waals surface area (Å²) in [5.74, 6) is -0.904. The lowest BCUT2D eigenvalue weighted by Gasteiger charge is -2.09. The van der Waals surface area contributed by atoms with Crippen LogP contribution >= 0.6 is 34.8 Å². The second-order valence-corrected chi connectivity index (χ2v) is 5.86. The van der Waals surface area contributed by atoms with Gasteiger partial charge in [-0.25, -0.2) is 4.79 Å². The maximum Gasteiger partial charge on any atom is 0.344 e. The molecule has 0 aromatic heterocycles. The molecule has 0 radical (unpaired) electrons. The van der Waals surface area contributed by atoms with Crippen LogP contribution in [0.3, 0.4) is 0 Å². The Hall–Kier alpha value is -1.95. The van der Waals surface area contributed by atoms with E-state index in [0.717, 1.165) is 0 Å². The monoisotopic (exact) mass is 387 g/mol. The van der Waals surface area contributed by atoms with Crippen LogP contribution < -0.4 is 10.1 Å². The maximum atomic E-state index is 11.7. The molecule has 0 saturated heterocycles. The molecule has 2 aromatic carbocycles. The summed E-state index contributed by atoms with van der Waals surface area (Å²) in [6, 6.07) is 11.2. The molecule has 0 heterocycles. The molecule has 0 aliphatic heterocycles. The summed E-state index contributed by atoms with van der Waals surface area (Å²) in [7, 11) is 0. The van der Waals surface area contributed by atoms with E-state index in [4.69, 9.17) is 44.3 Å². The van der Waals surface area contributed by atoms with E-state index in [1.165, 1.54) is 12.1 Å². The Morgan fingerprint density at radius 2 is 1.71 bits per heavy atom. The zero-order valence-corrected chi connectivity index (χ0v) is 14.5. The van der Waals surface area contributed by atoms with Crippen molar-refractivity contribution in [3.63, 3.8) is 0 Å². The van der Waals surface area contributed by atoms with Crippen molar-refractivity contribution in [2.45, 2.75) is 0 Å². The highest BCUT2D eigenvalue weighted by Crippen LogP contribution is 2.27. The fourth-order valence-corrected chi connectivity index (χ4v) is 2.33. The second-order valence-electron chi connectivity index (χ2n) is 4.58. The van der Waals surface area contributed by atoms with Crippen LogP contribution in [0.4, 0.5) is 5.69 Å². The Morgan fingerprint density at radius 3 is 2.42 bits per heavy atom. The van der Waals surface area contributed by atoms with Crippen LogP contribution in [0.2, 0.25) is 15.1 Å². The molecule has 0 atom stereocenters. The molecule has 0 fully saturated rings. The zero-order valence-electron chi connectivity index (χ0n) is 12.2. The number of esters is 1. The molecule has 0 spiro atoms. The number of ether oxygens (including phenoxy) is 2. The average molecular weight is 389 g/mol. The third-order valence-electron chi connectivity index (χ3n) is 2.71. The quantitative estimate of drug-likeness (QED) is 0.753. The van der Waals surface area contributed by atoms with Crippen LogP contribution in [0.25, 0.3) is 0 Å². The first kappa shape index (κ1) is 18.4. The minimum absolute atomic E-state index is 0.272. The van der Waals surface area contributed by atoms with E-state index in [0.29, 0.717) is 21.5 Å². The van der Waals surface area contributed by atoms with Crippen molar-refractivity contribution in [2.24, 2.45) is 0 Å². The highest BCUT2D eigenvalue weighted by atomic mass is 35.5. The van der Waals surface area contributed by atoms with Crippen LogP contribution in [-0.4, -0.2) is 25.1 Å². The number of hydrogen-bond donors (Lipinski definition) is 1. The van der Waals surface area contributed by atoms with Crippen molar-refractivity contribution in [3.05, 3.63) is 57.5 Å². The molecule has 0 bridgehead atoms. The van der Waals surface area contributed by atoms with Crippen LogP contribution in [0.1, 0.15) is 0 Å². The molecule has 1 amide bonds. The topological polar surface area (TPSA) is 64.6 Å². The molecule has 0 unspecified atom stereocenters. The summed E-state index contributed by atoms with van der Waals surface area (Å²) < 4.78 is 10.0. The van der Waals surface area contributed by atoms with Crippen molar-refractivity contribution in [1.82, 2.24) is 0 Å². The maximum absolute atomic E-state index is 11.7. The lowest BCUT2D eigenvalue weighted by atomic mass is 10.3. The molecule has 0 aliphatic rings. The Morgan fingerprint density at radius 1 is 0.958 bits per heavy atom. The van der Waals surface area contributed by atoms with Gasteiger partial charge in [-0.2, -0.15) is 0 Å². The van der Waals surface area contributed by atoms with Crippen molar-refractivity contribution < 1.29 is 19.1 Å². The Labute approximate surface area is 153 Å². The van der Waals surface area contributed by atoms with E-state index in [1.54, 1.807) is 30.3 Å². The van der Waals surface area contributed by atoms with Crippen molar-refractivity contribution in [2.75, 3.05) is 18.5 Å². The predicted octanol–water partition coefficient (Wildman–Crippen LogP) is 4.21. The van der Waals surface area contributed by atoms with E-state index in [-0.39, 0.29) is 11.6 Å². The third-order valence-corrected chi connectivity index (χ3v) is 3.48. The lowest BCUT2D eigenvalue weighted by Crippen LogP contribution is -2.23. The fourth-order valence-electron chi connectivity index (χ4n) is 1.68. The Balaban J connectivity index is 1.75. The van der Waals surface area contributed by atoms with Gasteiger partial charge >= 0.3 is 5.97 Å². The first-order chi connectivity index (χ1) is 11.4. The van der Waals surface area contributed by atoms with Gasteiger partial charge in [-0.3, -0.25) is 4.79 Å². The van der Waals surface area contributed by atoms with E-state index in [9.17, 15) is 9.59 Å². The summed E-state index contributed by atoms with van der Waals surface area (Å²) >= 11 is 17.5. The highest BCUT2D eigenvalue weighted by molar-refractivity contribution is 6.35. The van der Waals surface area contributed by atoms with Gasteiger partial charge in [0.05, 0.1) is 5.02 Å². The van der Waals surface area contributed by atoms with Gasteiger partial charge in [0.15, 0.2) is 13.2 Å². The van der Waals surface area contributed by atoms with Crippen LogP contribution in [0, 0.1) is 0 Å². The first-order valence-corrected chi connectivity index (χ1v) is 7.86. The van der Waals surface area contributed by atoms with Crippen LogP contribution in [-0.2, 0) is 14.3 Å². The standard InChI is InChI=1S/C16H12Cl3NO4/c17-10-2-1-3-12(6-10)20-15(21)8-24-16(22)9-23-14-5-4-11(18)7-13(14)19/h1-7H,8-9H2,(H,20,21). The van der Waals surface area contributed by atoms with Gasteiger partial charge in [-0.15, -0.1) is 0 Å². The number of rotatable bonds is 6. The molecular weight excluding hydrogens is 377 g/mol. The largest absolute Gasteiger partial charge is 0.480 e. The predicted molar refractivity (Wildman–Crippen MR) is 93.0 cm³/mol. The summed E-state index contributed by atoms with van der Waals surface area (Å²) in [6.07, 6.45) is 0. The van der Waals surface area contributed by atoms with Crippen LogP contribution in [0.5, 0.6) is 5.75 Å².